The zero-order chi connectivity index (χ0) is 20.6. The Morgan fingerprint density at radius 1 is 1.18 bits per heavy atom. The molecular formula is C19H21ClN2O5S. The number of carbonyl (C=O) groups is 1. The van der Waals surface area contributed by atoms with Crippen molar-refractivity contribution in [2.75, 3.05) is 23.8 Å². The van der Waals surface area contributed by atoms with E-state index < -0.39 is 10.0 Å². The van der Waals surface area contributed by atoms with E-state index in [4.69, 9.17) is 21.1 Å². The van der Waals surface area contributed by atoms with Gasteiger partial charge in [-0.15, -0.1) is 0 Å². The number of fused-ring (bicyclic) bond motifs is 1. The third-order valence-electron chi connectivity index (χ3n) is 4.63. The summed E-state index contributed by atoms with van der Waals surface area (Å²) in [5.41, 5.74) is 1.75. The highest BCUT2D eigenvalue weighted by Crippen LogP contribution is 2.38. The average molecular weight is 425 g/mol. The van der Waals surface area contributed by atoms with Crippen molar-refractivity contribution in [3.05, 3.63) is 40.9 Å². The van der Waals surface area contributed by atoms with Gasteiger partial charge in [0.1, 0.15) is 11.5 Å². The maximum absolute atomic E-state index is 12.9. The van der Waals surface area contributed by atoms with E-state index in [2.05, 4.69) is 4.72 Å². The number of anilines is 2. The molecule has 0 saturated carbocycles. The number of nitrogens with one attached hydrogen (secondary N) is 1. The largest absolute Gasteiger partial charge is 0.495 e. The number of rotatable bonds is 5. The Bertz CT molecular complexity index is 1040. The van der Waals surface area contributed by atoms with E-state index in [1.54, 1.807) is 17.0 Å². The summed E-state index contributed by atoms with van der Waals surface area (Å²) in [6, 6.07) is 7.66. The molecule has 1 N–H and O–H groups in total. The van der Waals surface area contributed by atoms with Gasteiger partial charge in [-0.2, -0.15) is 0 Å². The number of halogens is 1. The van der Waals surface area contributed by atoms with Crippen LogP contribution >= 0.6 is 11.6 Å². The lowest BCUT2D eigenvalue weighted by Crippen LogP contribution is -2.33. The fourth-order valence-corrected chi connectivity index (χ4v) is 4.75. The number of amides is 1. The summed E-state index contributed by atoms with van der Waals surface area (Å²) in [6.07, 6.45) is 0.593. The number of hydrogen-bond donors (Lipinski definition) is 1. The van der Waals surface area contributed by atoms with Gasteiger partial charge in [-0.3, -0.25) is 9.52 Å². The Labute approximate surface area is 169 Å². The second-order valence-corrected chi connectivity index (χ2v) is 8.61. The molecule has 0 unspecified atom stereocenters. The minimum atomic E-state index is -3.89. The molecule has 0 radical (unpaired) electrons. The van der Waals surface area contributed by atoms with Crippen LogP contribution in [-0.2, 0) is 21.2 Å². The lowest BCUT2D eigenvalue weighted by Gasteiger charge is -2.20. The van der Waals surface area contributed by atoms with Crippen molar-refractivity contribution in [1.29, 1.82) is 0 Å². The molecule has 0 spiro atoms. The van der Waals surface area contributed by atoms with E-state index in [1.165, 1.54) is 39.3 Å². The zero-order valence-corrected chi connectivity index (χ0v) is 17.5. The first-order valence-electron chi connectivity index (χ1n) is 8.55. The first-order valence-corrected chi connectivity index (χ1v) is 10.4. The van der Waals surface area contributed by atoms with Gasteiger partial charge in [0.05, 0.1) is 29.8 Å². The molecule has 0 aromatic heterocycles. The Hall–Kier alpha value is -2.45. The van der Waals surface area contributed by atoms with E-state index >= 15 is 0 Å². The predicted molar refractivity (Wildman–Crippen MR) is 108 cm³/mol. The number of methoxy groups -OCH3 is 2. The van der Waals surface area contributed by atoms with Crippen molar-refractivity contribution >= 4 is 38.9 Å². The summed E-state index contributed by atoms with van der Waals surface area (Å²) >= 11 is 6.12. The highest BCUT2D eigenvalue weighted by Gasteiger charge is 2.30. The van der Waals surface area contributed by atoms with Gasteiger partial charge in [0.15, 0.2) is 0 Å². The van der Waals surface area contributed by atoms with Crippen LogP contribution in [-0.4, -0.2) is 34.6 Å². The van der Waals surface area contributed by atoms with Crippen LogP contribution in [0.2, 0.25) is 5.02 Å². The molecule has 150 valence electrons. The number of nitrogens with zero attached hydrogens (tertiary/aromatic N) is 1. The summed E-state index contributed by atoms with van der Waals surface area (Å²) in [5.74, 6) is 0.581. The highest BCUT2D eigenvalue weighted by atomic mass is 35.5. The van der Waals surface area contributed by atoms with Crippen LogP contribution in [0.15, 0.2) is 35.2 Å². The van der Waals surface area contributed by atoms with Crippen LogP contribution in [0.5, 0.6) is 11.5 Å². The molecule has 3 rings (SSSR count). The fraction of sp³-hybridized carbons (Fsp3) is 0.316. The molecule has 1 atom stereocenters. The molecule has 1 heterocycles. The molecule has 0 saturated heterocycles. The smallest absolute Gasteiger partial charge is 0.262 e. The van der Waals surface area contributed by atoms with Gasteiger partial charge in [0, 0.05) is 24.7 Å². The van der Waals surface area contributed by atoms with E-state index in [1.807, 2.05) is 6.92 Å². The van der Waals surface area contributed by atoms with Crippen LogP contribution < -0.4 is 19.1 Å². The second-order valence-electron chi connectivity index (χ2n) is 6.53. The zero-order valence-electron chi connectivity index (χ0n) is 15.9. The van der Waals surface area contributed by atoms with Crippen LogP contribution in [0.1, 0.15) is 19.4 Å². The molecular weight excluding hydrogens is 404 g/mol. The average Bonchev–Trinajstić information content (AvgIpc) is 2.96. The number of sulfonamides is 1. The Kier molecular flexibility index (Phi) is 5.45. The van der Waals surface area contributed by atoms with Crippen molar-refractivity contribution < 1.29 is 22.7 Å². The summed E-state index contributed by atoms with van der Waals surface area (Å²) in [6.45, 7) is 3.43. The molecule has 0 fully saturated rings. The second kappa shape index (κ2) is 7.52. The normalized spacial score (nSPS) is 15.9. The van der Waals surface area contributed by atoms with Crippen LogP contribution in [0, 0.1) is 0 Å². The fourth-order valence-electron chi connectivity index (χ4n) is 3.40. The minimum Gasteiger partial charge on any atom is -0.495 e. The van der Waals surface area contributed by atoms with Crippen molar-refractivity contribution in [2.24, 2.45) is 0 Å². The molecule has 1 aliphatic heterocycles. The molecule has 0 bridgehead atoms. The first kappa shape index (κ1) is 20.3. The van der Waals surface area contributed by atoms with E-state index in [0.717, 1.165) is 11.3 Å². The maximum Gasteiger partial charge on any atom is 0.262 e. The molecule has 7 nitrogen and oxygen atoms in total. The first-order chi connectivity index (χ1) is 13.2. The molecule has 0 aliphatic carbocycles. The summed E-state index contributed by atoms with van der Waals surface area (Å²) in [7, 11) is -1.01. The van der Waals surface area contributed by atoms with E-state index in [0.29, 0.717) is 12.2 Å². The molecule has 2 aromatic carbocycles. The third-order valence-corrected chi connectivity index (χ3v) is 6.29. The van der Waals surface area contributed by atoms with Gasteiger partial charge in [-0.1, -0.05) is 11.6 Å². The quantitative estimate of drug-likeness (QED) is 0.794. The lowest BCUT2D eigenvalue weighted by molar-refractivity contribution is -0.116. The van der Waals surface area contributed by atoms with Gasteiger partial charge in [-0.25, -0.2) is 8.42 Å². The van der Waals surface area contributed by atoms with Gasteiger partial charge in [0.25, 0.3) is 10.0 Å². The van der Waals surface area contributed by atoms with Gasteiger partial charge in [-0.05, 0) is 43.2 Å². The number of benzene rings is 2. The third kappa shape index (κ3) is 3.62. The maximum atomic E-state index is 12.9. The van der Waals surface area contributed by atoms with Crippen molar-refractivity contribution in [3.8, 4) is 11.5 Å². The standard InChI is InChI=1S/C19H21ClN2O5S/c1-11-7-13-8-14(5-6-17(13)22(11)12(2)23)28(24,25)21-16-9-15(20)18(26-3)10-19(16)27-4/h5-6,8-11,21H,7H2,1-4H3/t11-/m0/s1. The van der Waals surface area contributed by atoms with Crippen molar-refractivity contribution in [1.82, 2.24) is 0 Å². The lowest BCUT2D eigenvalue weighted by atomic mass is 10.1. The Morgan fingerprint density at radius 3 is 2.46 bits per heavy atom. The molecule has 2 aromatic rings. The Balaban J connectivity index is 1.96. The van der Waals surface area contributed by atoms with Gasteiger partial charge < -0.3 is 14.4 Å². The number of ether oxygens (including phenoxy) is 2. The summed E-state index contributed by atoms with van der Waals surface area (Å²) in [4.78, 5) is 13.6. The van der Waals surface area contributed by atoms with Crippen LogP contribution in [0.4, 0.5) is 11.4 Å². The van der Waals surface area contributed by atoms with E-state index in [9.17, 15) is 13.2 Å². The highest BCUT2D eigenvalue weighted by molar-refractivity contribution is 7.92. The molecule has 1 amide bonds. The Morgan fingerprint density at radius 2 is 1.86 bits per heavy atom. The SMILES string of the molecule is COc1cc(OC)c(NS(=O)(=O)c2ccc3c(c2)C[C@H](C)N3C(C)=O)cc1Cl. The topological polar surface area (TPSA) is 84.9 Å². The minimum absolute atomic E-state index is 0.0149. The van der Waals surface area contributed by atoms with Gasteiger partial charge >= 0.3 is 0 Å². The molecule has 28 heavy (non-hydrogen) atoms. The van der Waals surface area contributed by atoms with E-state index in [-0.39, 0.29) is 33.3 Å². The van der Waals surface area contributed by atoms with Crippen LogP contribution in [0.25, 0.3) is 0 Å². The predicted octanol–water partition coefficient (Wildman–Crippen LogP) is 3.46. The summed E-state index contributed by atoms with van der Waals surface area (Å²) < 4.78 is 38.7. The van der Waals surface area contributed by atoms with Crippen molar-refractivity contribution in [3.63, 3.8) is 0 Å². The van der Waals surface area contributed by atoms with Gasteiger partial charge in [0.2, 0.25) is 5.91 Å². The van der Waals surface area contributed by atoms with Crippen LogP contribution in [0.3, 0.4) is 0 Å². The monoisotopic (exact) mass is 424 g/mol. The molecule has 9 heteroatoms. The number of hydrogen-bond acceptors (Lipinski definition) is 5. The van der Waals surface area contributed by atoms with Crippen molar-refractivity contribution in [2.45, 2.75) is 31.2 Å². The number of carbonyl (C=O) groups excluding carboxylic acids is 1. The summed E-state index contributed by atoms with van der Waals surface area (Å²) in [5, 5.41) is 0.251. The molecule has 1 aliphatic rings.